The van der Waals surface area contributed by atoms with E-state index in [0.29, 0.717) is 38.5 Å². The van der Waals surface area contributed by atoms with E-state index in [1.165, 1.54) is 12.5 Å². The van der Waals surface area contributed by atoms with Gasteiger partial charge in [-0.1, -0.05) is 42.5 Å². The van der Waals surface area contributed by atoms with Crippen LogP contribution in [0, 0.1) is 11.8 Å². The molecule has 0 aliphatic heterocycles. The Bertz CT molecular complexity index is 759. The van der Waals surface area contributed by atoms with Crippen LogP contribution in [0.2, 0.25) is 0 Å². The van der Waals surface area contributed by atoms with Gasteiger partial charge in [-0.3, -0.25) is 9.59 Å². The molecule has 0 aromatic heterocycles. The molecule has 0 heterocycles. The smallest absolute Gasteiger partial charge is 0.306 e. The molecule has 0 amide bonds. The number of ether oxygens (including phenoxy) is 2. The third-order valence-electron chi connectivity index (χ3n) is 6.45. The summed E-state index contributed by atoms with van der Waals surface area (Å²) in [6.07, 6.45) is 8.52. The molecule has 6 heteroatoms. The van der Waals surface area contributed by atoms with E-state index in [9.17, 15) is 19.8 Å². The number of carbonyl (C=O) groups is 2. The van der Waals surface area contributed by atoms with Crippen LogP contribution in [0.3, 0.4) is 0 Å². The van der Waals surface area contributed by atoms with Gasteiger partial charge in [-0.25, -0.2) is 0 Å². The summed E-state index contributed by atoms with van der Waals surface area (Å²) in [4.78, 5) is 23.2. The Morgan fingerprint density at radius 1 is 1.12 bits per heavy atom. The molecule has 5 atom stereocenters. The van der Waals surface area contributed by atoms with Crippen molar-refractivity contribution in [2.24, 2.45) is 11.8 Å². The minimum atomic E-state index is -0.540. The molecule has 1 aromatic carbocycles. The van der Waals surface area contributed by atoms with E-state index < -0.39 is 12.2 Å². The van der Waals surface area contributed by atoms with Crippen molar-refractivity contribution in [3.05, 3.63) is 48.0 Å². The SMILES string of the molecule is CC(=O)O[C@@H]1C[C@H](O)[C@H](C/C=C\CCCC(=O)OC(C)C)[C@H]1CC[C@@H](O)CCc1ccccc1. The minimum absolute atomic E-state index is 0.0101. The lowest BCUT2D eigenvalue weighted by atomic mass is 9.85. The van der Waals surface area contributed by atoms with E-state index in [0.717, 1.165) is 19.3 Å². The van der Waals surface area contributed by atoms with Crippen molar-refractivity contribution >= 4 is 11.9 Å². The summed E-state index contributed by atoms with van der Waals surface area (Å²) in [7, 11) is 0. The molecule has 0 saturated heterocycles. The van der Waals surface area contributed by atoms with Gasteiger partial charge in [0.2, 0.25) is 0 Å². The number of hydrogen-bond donors (Lipinski definition) is 2. The van der Waals surface area contributed by atoms with Crippen LogP contribution in [0.4, 0.5) is 0 Å². The topological polar surface area (TPSA) is 93.1 Å². The van der Waals surface area contributed by atoms with Gasteiger partial charge in [-0.15, -0.1) is 0 Å². The van der Waals surface area contributed by atoms with Crippen molar-refractivity contribution in [1.29, 1.82) is 0 Å². The quantitative estimate of drug-likeness (QED) is 0.229. The lowest BCUT2D eigenvalue weighted by molar-refractivity contribution is -0.149. The zero-order chi connectivity index (χ0) is 24.9. The molecule has 34 heavy (non-hydrogen) atoms. The molecule has 6 nitrogen and oxygen atoms in total. The third kappa shape index (κ3) is 10.4. The number of carbonyl (C=O) groups excluding carboxylic acids is 2. The highest BCUT2D eigenvalue weighted by molar-refractivity contribution is 5.69. The number of rotatable bonds is 14. The Kier molecular flexibility index (Phi) is 12.3. The Morgan fingerprint density at radius 2 is 1.85 bits per heavy atom. The molecule has 1 aromatic rings. The zero-order valence-corrected chi connectivity index (χ0v) is 20.9. The molecular weight excluding hydrogens is 432 g/mol. The Labute approximate surface area is 204 Å². The first kappa shape index (κ1) is 28.1. The standard InChI is InChI=1S/C28H42O6/c1-20(2)33-28(32)14-10-5-4-9-13-24-25(27(19-26(24)31)34-21(3)29)18-17-23(30)16-15-22-11-7-6-8-12-22/h4,6-9,11-12,20,23-27,30-31H,5,10,13-19H2,1-3H3/b9-4-/t23-,24+,25+,26-,27+/m0/s1. The lowest BCUT2D eigenvalue weighted by Crippen LogP contribution is -2.26. The second-order valence-corrected chi connectivity index (χ2v) is 9.67. The van der Waals surface area contributed by atoms with Crippen LogP contribution in [-0.4, -0.2) is 46.6 Å². The fraction of sp³-hybridized carbons (Fsp3) is 0.643. The molecule has 1 saturated carbocycles. The van der Waals surface area contributed by atoms with Crippen molar-refractivity contribution in [2.45, 2.75) is 103 Å². The maximum Gasteiger partial charge on any atom is 0.306 e. The first-order chi connectivity index (χ1) is 16.3. The molecular formula is C28H42O6. The molecule has 1 aliphatic rings. The van der Waals surface area contributed by atoms with Crippen LogP contribution in [0.15, 0.2) is 42.5 Å². The molecule has 0 unspecified atom stereocenters. The predicted octanol–water partition coefficient (Wildman–Crippen LogP) is 4.76. The highest BCUT2D eigenvalue weighted by Crippen LogP contribution is 2.40. The van der Waals surface area contributed by atoms with Crippen molar-refractivity contribution in [1.82, 2.24) is 0 Å². The van der Waals surface area contributed by atoms with Gasteiger partial charge in [-0.2, -0.15) is 0 Å². The molecule has 190 valence electrons. The highest BCUT2D eigenvalue weighted by atomic mass is 16.5. The van der Waals surface area contributed by atoms with Crippen LogP contribution < -0.4 is 0 Å². The largest absolute Gasteiger partial charge is 0.463 e. The van der Waals surface area contributed by atoms with Gasteiger partial charge < -0.3 is 19.7 Å². The normalized spacial score (nSPS) is 23.4. The Morgan fingerprint density at radius 3 is 2.53 bits per heavy atom. The van der Waals surface area contributed by atoms with Crippen LogP contribution in [0.5, 0.6) is 0 Å². The fourth-order valence-electron chi connectivity index (χ4n) is 4.79. The van der Waals surface area contributed by atoms with Gasteiger partial charge in [0, 0.05) is 25.7 Å². The van der Waals surface area contributed by atoms with E-state index in [4.69, 9.17) is 9.47 Å². The number of allylic oxidation sites excluding steroid dienone is 2. The summed E-state index contributed by atoms with van der Waals surface area (Å²) < 4.78 is 10.7. The van der Waals surface area contributed by atoms with Crippen molar-refractivity contribution < 1.29 is 29.3 Å². The second kappa shape index (κ2) is 14.9. The number of esters is 2. The monoisotopic (exact) mass is 474 g/mol. The first-order valence-electron chi connectivity index (χ1n) is 12.7. The number of hydrogen-bond acceptors (Lipinski definition) is 6. The Hall–Kier alpha value is -2.18. The third-order valence-corrected chi connectivity index (χ3v) is 6.45. The van der Waals surface area contributed by atoms with Gasteiger partial charge >= 0.3 is 11.9 Å². The van der Waals surface area contributed by atoms with Crippen LogP contribution in [0.1, 0.15) is 77.7 Å². The van der Waals surface area contributed by atoms with E-state index in [1.807, 2.05) is 38.1 Å². The molecule has 1 aliphatic carbocycles. The van der Waals surface area contributed by atoms with Gasteiger partial charge in [0.15, 0.2) is 0 Å². The van der Waals surface area contributed by atoms with Crippen LogP contribution in [-0.2, 0) is 25.5 Å². The minimum Gasteiger partial charge on any atom is -0.463 e. The van der Waals surface area contributed by atoms with E-state index in [1.54, 1.807) is 0 Å². The zero-order valence-electron chi connectivity index (χ0n) is 20.9. The average molecular weight is 475 g/mol. The van der Waals surface area contributed by atoms with E-state index in [2.05, 4.69) is 18.2 Å². The highest BCUT2D eigenvalue weighted by Gasteiger charge is 2.43. The van der Waals surface area contributed by atoms with Gasteiger partial charge in [0.1, 0.15) is 6.10 Å². The number of aliphatic hydroxyl groups is 2. The van der Waals surface area contributed by atoms with Crippen molar-refractivity contribution in [3.63, 3.8) is 0 Å². The molecule has 1 fully saturated rings. The van der Waals surface area contributed by atoms with Crippen molar-refractivity contribution in [2.75, 3.05) is 0 Å². The molecule has 0 spiro atoms. The summed E-state index contributed by atoms with van der Waals surface area (Å²) in [5.41, 5.74) is 1.20. The van der Waals surface area contributed by atoms with Crippen molar-refractivity contribution in [3.8, 4) is 0 Å². The average Bonchev–Trinajstić information content (AvgIpc) is 3.06. The number of unbranched alkanes of at least 4 members (excludes halogenated alkanes) is 1. The summed E-state index contributed by atoms with van der Waals surface area (Å²) >= 11 is 0. The van der Waals surface area contributed by atoms with E-state index in [-0.39, 0.29) is 36.0 Å². The van der Waals surface area contributed by atoms with Crippen LogP contribution >= 0.6 is 0 Å². The van der Waals surface area contributed by atoms with Gasteiger partial charge in [0.25, 0.3) is 0 Å². The summed E-state index contributed by atoms with van der Waals surface area (Å²) in [6, 6.07) is 10.1. The van der Waals surface area contributed by atoms with Crippen LogP contribution in [0.25, 0.3) is 0 Å². The first-order valence-corrected chi connectivity index (χ1v) is 12.7. The van der Waals surface area contributed by atoms with Gasteiger partial charge in [0.05, 0.1) is 18.3 Å². The molecule has 2 rings (SSSR count). The Balaban J connectivity index is 1.83. The molecule has 0 bridgehead atoms. The maximum atomic E-state index is 11.6. The molecule has 2 N–H and O–H groups in total. The summed E-state index contributed by atoms with van der Waals surface area (Å²) in [5, 5.41) is 21.2. The second-order valence-electron chi connectivity index (χ2n) is 9.67. The predicted molar refractivity (Wildman–Crippen MR) is 132 cm³/mol. The maximum absolute atomic E-state index is 11.6. The van der Waals surface area contributed by atoms with E-state index >= 15 is 0 Å². The number of benzene rings is 1. The van der Waals surface area contributed by atoms with Gasteiger partial charge in [-0.05, 0) is 70.3 Å². The summed E-state index contributed by atoms with van der Waals surface area (Å²) in [6.45, 7) is 5.08. The molecule has 0 radical (unpaired) electrons. The fourth-order valence-corrected chi connectivity index (χ4v) is 4.79. The summed E-state index contributed by atoms with van der Waals surface area (Å²) in [5.74, 6) is -0.523. The number of aliphatic hydroxyl groups excluding tert-OH is 2. The lowest BCUT2D eigenvalue weighted by Gasteiger charge is -2.25. The number of aryl methyl sites for hydroxylation is 1.